The standard InChI is InChI=1S/C12H12N2O2/c13-10(15)7-2-3-9-8(6-7)12(4-1-5-12)11(16)14-9/h2-3,6H,1,4-5H2,(H2,13,15)(H,14,16). The van der Waals surface area contributed by atoms with Gasteiger partial charge in [0, 0.05) is 11.3 Å². The normalized spacial score (nSPS) is 20.1. The van der Waals surface area contributed by atoms with Gasteiger partial charge in [-0.25, -0.2) is 0 Å². The van der Waals surface area contributed by atoms with Gasteiger partial charge in [0.05, 0.1) is 5.41 Å². The van der Waals surface area contributed by atoms with Crippen LogP contribution >= 0.6 is 0 Å². The average molecular weight is 216 g/mol. The minimum absolute atomic E-state index is 0.0652. The minimum Gasteiger partial charge on any atom is -0.366 e. The van der Waals surface area contributed by atoms with Crippen LogP contribution in [-0.4, -0.2) is 11.8 Å². The molecule has 0 atom stereocenters. The van der Waals surface area contributed by atoms with Gasteiger partial charge in [-0.2, -0.15) is 0 Å². The number of benzene rings is 1. The first-order valence-corrected chi connectivity index (χ1v) is 5.39. The Morgan fingerprint density at radius 2 is 2.12 bits per heavy atom. The predicted molar refractivity (Wildman–Crippen MR) is 59.1 cm³/mol. The summed E-state index contributed by atoms with van der Waals surface area (Å²) in [5, 5.41) is 2.87. The number of carbonyl (C=O) groups excluding carboxylic acids is 2. The number of anilines is 1. The zero-order chi connectivity index (χ0) is 11.3. The predicted octanol–water partition coefficient (Wildman–Crippen LogP) is 1.16. The van der Waals surface area contributed by atoms with Crippen LogP contribution < -0.4 is 11.1 Å². The highest BCUT2D eigenvalue weighted by molar-refractivity contribution is 6.08. The van der Waals surface area contributed by atoms with Gasteiger partial charge in [0.15, 0.2) is 0 Å². The van der Waals surface area contributed by atoms with Crippen LogP contribution in [0.15, 0.2) is 18.2 Å². The van der Waals surface area contributed by atoms with Crippen LogP contribution in [0.1, 0.15) is 35.2 Å². The Hall–Kier alpha value is -1.84. The second-order valence-corrected chi connectivity index (χ2v) is 4.51. The van der Waals surface area contributed by atoms with E-state index in [4.69, 9.17) is 5.73 Å². The molecule has 1 aromatic rings. The van der Waals surface area contributed by atoms with E-state index < -0.39 is 5.91 Å². The van der Waals surface area contributed by atoms with E-state index in [0.717, 1.165) is 30.5 Å². The lowest BCUT2D eigenvalue weighted by atomic mass is 9.65. The van der Waals surface area contributed by atoms with Gasteiger partial charge in [-0.15, -0.1) is 0 Å². The largest absolute Gasteiger partial charge is 0.366 e. The highest BCUT2D eigenvalue weighted by Crippen LogP contribution is 2.51. The second kappa shape index (κ2) is 2.84. The Kier molecular flexibility index (Phi) is 1.67. The third-order valence-electron chi connectivity index (χ3n) is 3.71. The van der Waals surface area contributed by atoms with Crippen LogP contribution in [0.3, 0.4) is 0 Å². The molecule has 2 aliphatic rings. The van der Waals surface area contributed by atoms with Gasteiger partial charge < -0.3 is 11.1 Å². The van der Waals surface area contributed by atoms with Crippen molar-refractivity contribution in [2.24, 2.45) is 5.73 Å². The van der Waals surface area contributed by atoms with Crippen molar-refractivity contribution in [3.8, 4) is 0 Å². The molecule has 0 aromatic heterocycles. The summed E-state index contributed by atoms with van der Waals surface area (Å²) in [6, 6.07) is 5.17. The van der Waals surface area contributed by atoms with Crippen LogP contribution in [0.25, 0.3) is 0 Å². The summed E-state index contributed by atoms with van der Waals surface area (Å²) in [5.41, 5.74) is 7.12. The number of hydrogen-bond donors (Lipinski definition) is 2. The van der Waals surface area contributed by atoms with Gasteiger partial charge in [0.2, 0.25) is 11.8 Å². The van der Waals surface area contributed by atoms with E-state index in [9.17, 15) is 9.59 Å². The lowest BCUT2D eigenvalue weighted by molar-refractivity contribution is -0.123. The second-order valence-electron chi connectivity index (χ2n) is 4.51. The van der Waals surface area contributed by atoms with Crippen molar-refractivity contribution in [3.63, 3.8) is 0 Å². The quantitative estimate of drug-likeness (QED) is 0.739. The van der Waals surface area contributed by atoms with Crippen LogP contribution in [-0.2, 0) is 10.2 Å². The SMILES string of the molecule is NC(=O)c1ccc2c(c1)C1(CCC1)C(=O)N2. The Morgan fingerprint density at radius 3 is 2.69 bits per heavy atom. The zero-order valence-electron chi connectivity index (χ0n) is 8.75. The lowest BCUT2D eigenvalue weighted by Gasteiger charge is -2.36. The highest BCUT2D eigenvalue weighted by atomic mass is 16.2. The van der Waals surface area contributed by atoms with Gasteiger partial charge in [-0.1, -0.05) is 6.42 Å². The minimum atomic E-state index is -0.448. The van der Waals surface area contributed by atoms with E-state index in [0.29, 0.717) is 5.56 Å². The first kappa shape index (κ1) is 9.39. The molecular weight excluding hydrogens is 204 g/mol. The molecule has 1 aromatic carbocycles. The fraction of sp³-hybridized carbons (Fsp3) is 0.333. The Morgan fingerprint density at radius 1 is 1.38 bits per heavy atom. The Bertz CT molecular complexity index is 504. The molecule has 1 aliphatic carbocycles. The van der Waals surface area contributed by atoms with E-state index in [1.54, 1.807) is 18.2 Å². The molecule has 3 rings (SSSR count). The molecule has 0 unspecified atom stereocenters. The van der Waals surface area contributed by atoms with Crippen LogP contribution in [0.2, 0.25) is 0 Å². The van der Waals surface area contributed by atoms with E-state index >= 15 is 0 Å². The van der Waals surface area contributed by atoms with Crippen molar-refractivity contribution in [2.75, 3.05) is 5.32 Å². The molecule has 0 bridgehead atoms. The van der Waals surface area contributed by atoms with E-state index in [2.05, 4.69) is 5.32 Å². The molecule has 16 heavy (non-hydrogen) atoms. The molecule has 1 aliphatic heterocycles. The molecule has 0 radical (unpaired) electrons. The molecule has 2 amide bonds. The number of rotatable bonds is 1. The van der Waals surface area contributed by atoms with Gasteiger partial charge in [-0.05, 0) is 36.6 Å². The summed E-state index contributed by atoms with van der Waals surface area (Å²) < 4.78 is 0. The van der Waals surface area contributed by atoms with Crippen LogP contribution in [0, 0.1) is 0 Å². The number of amides is 2. The summed E-state index contributed by atoms with van der Waals surface area (Å²) in [5.74, 6) is -0.382. The van der Waals surface area contributed by atoms with E-state index in [1.807, 2.05) is 0 Å². The summed E-state index contributed by atoms with van der Waals surface area (Å²) >= 11 is 0. The first-order valence-electron chi connectivity index (χ1n) is 5.39. The summed E-state index contributed by atoms with van der Waals surface area (Å²) in [6.07, 6.45) is 2.80. The van der Waals surface area contributed by atoms with Crippen LogP contribution in [0.5, 0.6) is 0 Å². The zero-order valence-corrected chi connectivity index (χ0v) is 8.75. The maximum atomic E-state index is 11.9. The van der Waals surface area contributed by atoms with E-state index in [1.165, 1.54) is 0 Å². The van der Waals surface area contributed by atoms with Gasteiger partial charge >= 0.3 is 0 Å². The molecular formula is C12H12N2O2. The molecule has 1 spiro atoms. The fourth-order valence-electron chi connectivity index (χ4n) is 2.59. The van der Waals surface area contributed by atoms with Gasteiger partial charge in [0.25, 0.3) is 0 Å². The third kappa shape index (κ3) is 0.988. The summed E-state index contributed by atoms with van der Waals surface area (Å²) in [4.78, 5) is 23.0. The monoisotopic (exact) mass is 216 g/mol. The number of hydrogen-bond acceptors (Lipinski definition) is 2. The third-order valence-corrected chi connectivity index (χ3v) is 3.71. The van der Waals surface area contributed by atoms with Gasteiger partial charge in [-0.3, -0.25) is 9.59 Å². The number of carbonyl (C=O) groups is 2. The fourth-order valence-corrected chi connectivity index (χ4v) is 2.59. The number of nitrogens with one attached hydrogen (secondary N) is 1. The van der Waals surface area contributed by atoms with E-state index in [-0.39, 0.29) is 11.3 Å². The first-order chi connectivity index (χ1) is 7.63. The molecule has 1 saturated carbocycles. The Labute approximate surface area is 92.8 Å². The molecule has 4 heteroatoms. The maximum absolute atomic E-state index is 11.9. The van der Waals surface area contributed by atoms with Crippen molar-refractivity contribution in [3.05, 3.63) is 29.3 Å². The summed E-state index contributed by atoms with van der Waals surface area (Å²) in [6.45, 7) is 0. The number of fused-ring (bicyclic) bond motifs is 2. The molecule has 1 heterocycles. The highest BCUT2D eigenvalue weighted by Gasteiger charge is 2.51. The van der Waals surface area contributed by atoms with Crippen LogP contribution in [0.4, 0.5) is 5.69 Å². The van der Waals surface area contributed by atoms with Crippen molar-refractivity contribution < 1.29 is 9.59 Å². The van der Waals surface area contributed by atoms with Crippen molar-refractivity contribution in [2.45, 2.75) is 24.7 Å². The average Bonchev–Trinajstić information content (AvgIpc) is 2.47. The van der Waals surface area contributed by atoms with Gasteiger partial charge in [0.1, 0.15) is 0 Å². The van der Waals surface area contributed by atoms with Crippen molar-refractivity contribution in [1.29, 1.82) is 0 Å². The lowest BCUT2D eigenvalue weighted by Crippen LogP contribution is -2.40. The summed E-state index contributed by atoms with van der Waals surface area (Å²) in [7, 11) is 0. The van der Waals surface area contributed by atoms with Crippen molar-refractivity contribution in [1.82, 2.24) is 0 Å². The Balaban J connectivity index is 2.15. The molecule has 1 fully saturated rings. The number of primary amides is 1. The molecule has 3 N–H and O–H groups in total. The molecule has 4 nitrogen and oxygen atoms in total. The smallest absolute Gasteiger partial charge is 0.248 e. The van der Waals surface area contributed by atoms with Crippen molar-refractivity contribution >= 4 is 17.5 Å². The number of nitrogens with two attached hydrogens (primary N) is 1. The molecule has 0 saturated heterocycles. The molecule has 82 valence electrons. The maximum Gasteiger partial charge on any atom is 0.248 e. The topological polar surface area (TPSA) is 72.2 Å².